The number of fused-ring (bicyclic) bond motifs is 3. The van der Waals surface area contributed by atoms with Gasteiger partial charge in [0, 0.05) is 42.1 Å². The highest BCUT2D eigenvalue weighted by atomic mass is 16.7. The topological polar surface area (TPSA) is 133 Å². The molecule has 2 amide bonds. The number of rotatable bonds is 13. The molecule has 56 heavy (non-hydrogen) atoms. The lowest BCUT2D eigenvalue weighted by molar-refractivity contribution is -0.183. The third kappa shape index (κ3) is 8.48. The van der Waals surface area contributed by atoms with Gasteiger partial charge in [0.2, 0.25) is 5.91 Å². The van der Waals surface area contributed by atoms with Crippen molar-refractivity contribution in [3.63, 3.8) is 0 Å². The Bertz CT molecular complexity index is 1770. The summed E-state index contributed by atoms with van der Waals surface area (Å²) in [4.78, 5) is 37.0. The molecule has 3 aliphatic carbocycles. The number of para-hydroxylation sites is 1. The number of nitrogens with one attached hydrogen (secondary N) is 2. The zero-order valence-corrected chi connectivity index (χ0v) is 35.9. The Kier molecular flexibility index (Phi) is 12.0. The van der Waals surface area contributed by atoms with Gasteiger partial charge in [-0.15, -0.1) is 0 Å². The van der Waals surface area contributed by atoms with Gasteiger partial charge in [-0.2, -0.15) is 5.06 Å². The van der Waals surface area contributed by atoms with Crippen LogP contribution in [0, 0.1) is 34.5 Å². The molecule has 0 spiro atoms. The molecule has 2 heterocycles. The second kappa shape index (κ2) is 15.9. The first kappa shape index (κ1) is 42.4. The first-order valence-corrected chi connectivity index (χ1v) is 20.6. The lowest BCUT2D eigenvalue weighted by atomic mass is 9.45. The van der Waals surface area contributed by atoms with E-state index in [0.29, 0.717) is 47.8 Å². The van der Waals surface area contributed by atoms with Crippen molar-refractivity contribution in [3.8, 4) is 22.6 Å². The number of carbonyl (C=O) groups excluding carboxylic acids is 2. The van der Waals surface area contributed by atoms with Crippen LogP contribution in [0.25, 0.3) is 11.1 Å². The van der Waals surface area contributed by atoms with E-state index in [4.69, 9.17) is 14.3 Å². The Morgan fingerprint density at radius 3 is 2.43 bits per heavy atom. The molecule has 2 aromatic rings. The molecule has 2 bridgehead atoms. The number of nitrogens with zero attached hydrogens (tertiary/aromatic N) is 2. The van der Waals surface area contributed by atoms with Gasteiger partial charge in [0.05, 0.1) is 31.9 Å². The predicted octanol–water partition coefficient (Wildman–Crippen LogP) is 5.83. The highest BCUT2D eigenvalue weighted by Gasteiger charge is 2.57. The van der Waals surface area contributed by atoms with E-state index in [0.717, 1.165) is 35.1 Å². The Hall–Kier alpha value is -3.22. The van der Waals surface area contributed by atoms with Gasteiger partial charge in [-0.3, -0.25) is 14.4 Å². The van der Waals surface area contributed by atoms with Crippen molar-refractivity contribution < 1.29 is 34.1 Å². The molecule has 310 valence electrons. The smallest absolute Gasteiger partial charge is 0.255 e. The van der Waals surface area contributed by atoms with Crippen LogP contribution >= 0.6 is 0 Å². The Balaban J connectivity index is 1.32. The van der Waals surface area contributed by atoms with Crippen molar-refractivity contribution in [1.82, 2.24) is 20.6 Å². The molecule has 1 saturated heterocycles. The van der Waals surface area contributed by atoms with Crippen LogP contribution in [0.5, 0.6) is 11.5 Å². The largest absolute Gasteiger partial charge is 0.496 e. The molecule has 9 atom stereocenters. The summed E-state index contributed by atoms with van der Waals surface area (Å²) in [7, 11) is 5.65. The van der Waals surface area contributed by atoms with Crippen molar-refractivity contribution >= 4 is 11.8 Å². The Morgan fingerprint density at radius 2 is 1.84 bits per heavy atom. The normalized spacial score (nSPS) is 28.9. The van der Waals surface area contributed by atoms with Gasteiger partial charge in [0.25, 0.3) is 5.91 Å². The highest BCUT2D eigenvalue weighted by molar-refractivity contribution is 5.99. The van der Waals surface area contributed by atoms with Crippen molar-refractivity contribution in [2.75, 3.05) is 34.4 Å². The summed E-state index contributed by atoms with van der Waals surface area (Å²) >= 11 is 0. The predicted molar refractivity (Wildman–Crippen MR) is 218 cm³/mol. The van der Waals surface area contributed by atoms with E-state index in [-0.39, 0.29) is 47.9 Å². The number of amides is 2. The molecular formula is C45H68N4O7. The molecule has 5 aliphatic rings. The van der Waals surface area contributed by atoms with Crippen LogP contribution in [0.1, 0.15) is 103 Å². The average Bonchev–Trinajstić information content (AvgIpc) is 3.62. The van der Waals surface area contributed by atoms with Crippen molar-refractivity contribution in [2.24, 2.45) is 34.5 Å². The van der Waals surface area contributed by atoms with Gasteiger partial charge < -0.3 is 35.2 Å². The van der Waals surface area contributed by atoms with Crippen molar-refractivity contribution in [1.29, 1.82) is 0 Å². The van der Waals surface area contributed by atoms with E-state index in [1.807, 2.05) is 52.2 Å². The van der Waals surface area contributed by atoms with E-state index >= 15 is 0 Å². The quantitative estimate of drug-likeness (QED) is 0.198. The molecule has 0 aromatic heterocycles. The second-order valence-corrected chi connectivity index (χ2v) is 20.0. The van der Waals surface area contributed by atoms with E-state index < -0.39 is 29.8 Å². The lowest BCUT2D eigenvalue weighted by Gasteiger charge is -2.62. The number of aliphatic hydroxyl groups excluding tert-OH is 2. The summed E-state index contributed by atoms with van der Waals surface area (Å²) < 4.78 is 12.6. The van der Waals surface area contributed by atoms with Gasteiger partial charge in [0.15, 0.2) is 0 Å². The van der Waals surface area contributed by atoms with Gasteiger partial charge in [0.1, 0.15) is 29.2 Å². The molecule has 4 N–H and O–H groups in total. The van der Waals surface area contributed by atoms with Crippen LogP contribution in [-0.2, 0) is 22.6 Å². The molecule has 0 radical (unpaired) electrons. The molecule has 11 heteroatoms. The van der Waals surface area contributed by atoms with Gasteiger partial charge in [-0.1, -0.05) is 59.7 Å². The number of ether oxygens (including phenoxy) is 2. The van der Waals surface area contributed by atoms with Crippen LogP contribution in [0.3, 0.4) is 0 Å². The van der Waals surface area contributed by atoms with E-state index in [9.17, 15) is 19.8 Å². The highest BCUT2D eigenvalue weighted by Crippen LogP contribution is 2.61. The SMILES string of the molecule is COc1c(CN2O[C@@H](CO)C([C@H](C)O)[C@H]2C(=O)N[C@H]2C[C@H]3C[C@@H]([C@@H]2C)C3(C)C)cccc1-c1cc2c(c(C(=O)N[C@H](CN(C)C)CC(C)(C)C)c1)OC(C)(C)C2. The lowest BCUT2D eigenvalue weighted by Crippen LogP contribution is -2.62. The molecule has 7 rings (SSSR count). The second-order valence-electron chi connectivity index (χ2n) is 20.0. The standard InChI is InChI=1S/C45H68N4O7/c1-25-34-18-30(45(34,8)9)19-35(25)47-42(53)38-37(26(2)51)36(24-50)56-49(38)22-27-14-13-15-32(39(27)54-12)28-16-29-20-44(6,7)55-40(29)33(17-28)41(52)46-31(23-48(10)11)21-43(3,4)5/h13-17,25-26,30-31,34-38,50-51H,18-24H2,1-12H3,(H,46,52)(H,47,53)/t25-,26-,30+,31-,34-,35-,36-,37?,38-/m0/s1. The van der Waals surface area contributed by atoms with Crippen LogP contribution in [0.2, 0.25) is 0 Å². The summed E-state index contributed by atoms with van der Waals surface area (Å²) in [6.07, 6.45) is 1.92. The zero-order valence-electron chi connectivity index (χ0n) is 35.9. The van der Waals surface area contributed by atoms with Crippen LogP contribution in [0.15, 0.2) is 30.3 Å². The van der Waals surface area contributed by atoms with Crippen molar-refractivity contribution in [3.05, 3.63) is 47.0 Å². The molecule has 3 saturated carbocycles. The van der Waals surface area contributed by atoms with Crippen molar-refractivity contribution in [2.45, 2.75) is 130 Å². The number of hydrogen-bond donors (Lipinski definition) is 4. The summed E-state index contributed by atoms with van der Waals surface area (Å²) in [6, 6.07) is 8.96. The zero-order chi connectivity index (χ0) is 41.1. The van der Waals surface area contributed by atoms with E-state index in [2.05, 4.69) is 63.1 Å². The maximum absolute atomic E-state index is 14.3. The number of methoxy groups -OCH3 is 1. The Morgan fingerprint density at radius 1 is 1.12 bits per heavy atom. The monoisotopic (exact) mass is 777 g/mol. The maximum atomic E-state index is 14.3. The summed E-state index contributed by atoms with van der Waals surface area (Å²) in [5.74, 6) is 1.62. The van der Waals surface area contributed by atoms with Gasteiger partial charge in [-0.25, -0.2) is 0 Å². The van der Waals surface area contributed by atoms with E-state index in [1.54, 1.807) is 19.1 Å². The minimum atomic E-state index is -0.902. The average molecular weight is 777 g/mol. The molecule has 1 unspecified atom stereocenters. The third-order valence-corrected chi connectivity index (χ3v) is 13.2. The molecule has 4 fully saturated rings. The molecule has 2 aromatic carbocycles. The molecule has 11 nitrogen and oxygen atoms in total. The Labute approximate surface area is 334 Å². The van der Waals surface area contributed by atoms with Gasteiger partial charge in [-0.05, 0) is 106 Å². The number of likely N-dealkylation sites (N-methyl/N-ethyl adjacent to an activating group) is 1. The number of benzene rings is 2. The minimum absolute atomic E-state index is 0.0149. The van der Waals surface area contributed by atoms with Gasteiger partial charge >= 0.3 is 0 Å². The fourth-order valence-corrected chi connectivity index (χ4v) is 10.5. The fourth-order valence-electron chi connectivity index (χ4n) is 10.5. The summed E-state index contributed by atoms with van der Waals surface area (Å²) in [5.41, 5.74) is 3.62. The number of aliphatic hydroxyl groups is 2. The molecule has 2 aliphatic heterocycles. The van der Waals surface area contributed by atoms with Crippen LogP contribution in [0.4, 0.5) is 0 Å². The minimum Gasteiger partial charge on any atom is -0.496 e. The summed E-state index contributed by atoms with van der Waals surface area (Å²) in [6.45, 7) is 19.7. The van der Waals surface area contributed by atoms with Crippen LogP contribution in [-0.4, -0.2) is 102 Å². The number of hydrogen-bond acceptors (Lipinski definition) is 9. The number of hydroxylamine groups is 2. The third-order valence-electron chi connectivity index (χ3n) is 13.2. The fraction of sp³-hybridized carbons (Fsp3) is 0.689. The molecular weight excluding hydrogens is 709 g/mol. The van der Waals surface area contributed by atoms with E-state index in [1.165, 1.54) is 6.42 Å². The maximum Gasteiger partial charge on any atom is 0.255 e. The number of carbonyl (C=O) groups is 2. The first-order chi connectivity index (χ1) is 26.1. The first-order valence-electron chi connectivity index (χ1n) is 20.6. The summed E-state index contributed by atoms with van der Waals surface area (Å²) in [5, 5.41) is 29.7. The van der Waals surface area contributed by atoms with Crippen LogP contribution < -0.4 is 20.1 Å².